The number of halogens is 2. The van der Waals surface area contributed by atoms with Crippen molar-refractivity contribution in [3.8, 4) is 0 Å². The van der Waals surface area contributed by atoms with Gasteiger partial charge in [0.15, 0.2) is 0 Å². The molecule has 2 rings (SSSR count). The molecule has 0 unspecified atom stereocenters. The topological polar surface area (TPSA) is 29.9 Å². The van der Waals surface area contributed by atoms with Gasteiger partial charge in [-0.2, -0.15) is 5.10 Å². The highest BCUT2D eigenvalue weighted by Crippen LogP contribution is 2.23. The van der Waals surface area contributed by atoms with Gasteiger partial charge in [0, 0.05) is 11.5 Å². The summed E-state index contributed by atoms with van der Waals surface area (Å²) >= 11 is 3.39. The minimum absolute atomic E-state index is 0.250. The third-order valence-electron chi connectivity index (χ3n) is 2.78. The summed E-state index contributed by atoms with van der Waals surface area (Å²) in [4.78, 5) is 0. The fourth-order valence-corrected chi connectivity index (χ4v) is 2.12. The fraction of sp³-hybridized carbons (Fsp3) is 0.308. The van der Waals surface area contributed by atoms with Crippen LogP contribution in [0.4, 0.5) is 10.1 Å². The molecule has 1 heterocycles. The Morgan fingerprint density at radius 3 is 2.83 bits per heavy atom. The summed E-state index contributed by atoms with van der Waals surface area (Å²) in [6, 6.07) is 6.65. The third-order valence-corrected chi connectivity index (χ3v) is 3.47. The van der Waals surface area contributed by atoms with E-state index in [1.165, 1.54) is 12.1 Å². The summed E-state index contributed by atoms with van der Waals surface area (Å²) in [5.74, 6) is -0.250. The van der Waals surface area contributed by atoms with Gasteiger partial charge in [0.05, 0.1) is 23.6 Å². The van der Waals surface area contributed by atoms with E-state index in [0.29, 0.717) is 6.54 Å². The lowest BCUT2D eigenvalue weighted by molar-refractivity contribution is 0.628. The van der Waals surface area contributed by atoms with Crippen LogP contribution in [-0.4, -0.2) is 9.78 Å². The van der Waals surface area contributed by atoms with E-state index in [9.17, 15) is 4.39 Å². The van der Waals surface area contributed by atoms with E-state index in [1.54, 1.807) is 6.07 Å². The van der Waals surface area contributed by atoms with Crippen LogP contribution in [0.3, 0.4) is 0 Å². The molecular formula is C13H15BrFN3. The monoisotopic (exact) mass is 311 g/mol. The second-order valence-corrected chi connectivity index (χ2v) is 4.94. The highest BCUT2D eigenvalue weighted by molar-refractivity contribution is 9.10. The van der Waals surface area contributed by atoms with Gasteiger partial charge in [-0.1, -0.05) is 6.92 Å². The quantitative estimate of drug-likeness (QED) is 0.936. The molecule has 2 aromatic rings. The molecule has 0 saturated carbocycles. The highest BCUT2D eigenvalue weighted by atomic mass is 79.9. The fourth-order valence-electron chi connectivity index (χ4n) is 1.73. The molecule has 5 heteroatoms. The predicted octanol–water partition coefficient (Wildman–Crippen LogP) is 3.50. The summed E-state index contributed by atoms with van der Waals surface area (Å²) in [6.07, 6.45) is 0.914. The number of hydrogen-bond donors (Lipinski definition) is 1. The lowest BCUT2D eigenvalue weighted by Gasteiger charge is -2.08. The van der Waals surface area contributed by atoms with Crippen LogP contribution in [0.15, 0.2) is 28.7 Å². The molecule has 0 bridgehead atoms. The first kappa shape index (κ1) is 13.1. The zero-order chi connectivity index (χ0) is 13.1. The van der Waals surface area contributed by atoms with Crippen molar-refractivity contribution in [1.82, 2.24) is 9.78 Å². The number of nitrogens with zero attached hydrogens (tertiary/aromatic N) is 2. The maximum Gasteiger partial charge on any atom is 0.125 e. The molecule has 0 saturated heterocycles. The van der Waals surface area contributed by atoms with Gasteiger partial charge in [0.2, 0.25) is 0 Å². The highest BCUT2D eigenvalue weighted by Gasteiger charge is 2.05. The first-order valence-electron chi connectivity index (χ1n) is 5.81. The number of hydrogen-bond acceptors (Lipinski definition) is 2. The standard InChI is InChI=1S/C13H15BrFN3/c1-3-10-7-11(18(2)17-10)8-16-13-6-9(15)4-5-12(13)14/h4-7,16H,3,8H2,1-2H3. The zero-order valence-corrected chi connectivity index (χ0v) is 12.0. The number of rotatable bonds is 4. The van der Waals surface area contributed by atoms with Crippen molar-refractivity contribution in [3.63, 3.8) is 0 Å². The van der Waals surface area contributed by atoms with E-state index in [4.69, 9.17) is 0 Å². The Morgan fingerprint density at radius 2 is 2.17 bits per heavy atom. The smallest absolute Gasteiger partial charge is 0.125 e. The maximum atomic E-state index is 13.1. The molecular weight excluding hydrogens is 297 g/mol. The van der Waals surface area contributed by atoms with Crippen molar-refractivity contribution in [2.75, 3.05) is 5.32 Å². The van der Waals surface area contributed by atoms with Crippen molar-refractivity contribution in [1.29, 1.82) is 0 Å². The number of aromatic nitrogens is 2. The lowest BCUT2D eigenvalue weighted by Crippen LogP contribution is -2.06. The van der Waals surface area contributed by atoms with E-state index in [0.717, 1.165) is 28.0 Å². The Hall–Kier alpha value is -1.36. The van der Waals surface area contributed by atoms with Gasteiger partial charge in [-0.3, -0.25) is 4.68 Å². The van der Waals surface area contributed by atoms with Crippen LogP contribution in [0.1, 0.15) is 18.3 Å². The molecule has 1 aromatic heterocycles. The molecule has 96 valence electrons. The first-order chi connectivity index (χ1) is 8.60. The first-order valence-corrected chi connectivity index (χ1v) is 6.60. The van der Waals surface area contributed by atoms with E-state index in [2.05, 4.69) is 39.3 Å². The molecule has 18 heavy (non-hydrogen) atoms. The maximum absolute atomic E-state index is 13.1. The average Bonchev–Trinajstić information content (AvgIpc) is 2.71. The number of anilines is 1. The van der Waals surface area contributed by atoms with Gasteiger partial charge in [-0.15, -0.1) is 0 Å². The Balaban J connectivity index is 2.11. The Labute approximate surface area is 114 Å². The van der Waals surface area contributed by atoms with Crippen LogP contribution in [0.25, 0.3) is 0 Å². The van der Waals surface area contributed by atoms with Crippen LogP contribution in [0, 0.1) is 5.82 Å². The minimum Gasteiger partial charge on any atom is -0.378 e. The molecule has 0 aliphatic carbocycles. The molecule has 0 aliphatic heterocycles. The molecule has 0 spiro atoms. The Morgan fingerprint density at radius 1 is 1.39 bits per heavy atom. The molecule has 1 N–H and O–H groups in total. The summed E-state index contributed by atoms with van der Waals surface area (Å²) in [7, 11) is 1.91. The van der Waals surface area contributed by atoms with Crippen LogP contribution in [0.5, 0.6) is 0 Å². The zero-order valence-electron chi connectivity index (χ0n) is 10.4. The van der Waals surface area contributed by atoms with Crippen LogP contribution in [0.2, 0.25) is 0 Å². The molecule has 0 atom stereocenters. The van der Waals surface area contributed by atoms with Crippen molar-refractivity contribution >= 4 is 21.6 Å². The van der Waals surface area contributed by atoms with Gasteiger partial charge < -0.3 is 5.32 Å². The van der Waals surface area contributed by atoms with Gasteiger partial charge in [0.25, 0.3) is 0 Å². The third kappa shape index (κ3) is 2.90. The van der Waals surface area contributed by atoms with E-state index < -0.39 is 0 Å². The summed E-state index contributed by atoms with van der Waals surface area (Å²) in [5, 5.41) is 7.57. The molecule has 0 amide bonds. The van der Waals surface area contributed by atoms with Crippen molar-refractivity contribution in [2.45, 2.75) is 19.9 Å². The minimum atomic E-state index is -0.250. The van der Waals surface area contributed by atoms with Crippen LogP contribution < -0.4 is 5.32 Å². The SMILES string of the molecule is CCc1cc(CNc2cc(F)ccc2Br)n(C)n1. The van der Waals surface area contributed by atoms with Crippen molar-refractivity contribution < 1.29 is 4.39 Å². The second kappa shape index (κ2) is 5.52. The Bertz CT molecular complexity index is 551. The van der Waals surface area contributed by atoms with Crippen molar-refractivity contribution in [3.05, 3.63) is 45.9 Å². The Kier molecular flexibility index (Phi) is 4.01. The predicted molar refractivity (Wildman–Crippen MR) is 74.0 cm³/mol. The van der Waals surface area contributed by atoms with E-state index in [-0.39, 0.29) is 5.82 Å². The number of nitrogens with one attached hydrogen (secondary N) is 1. The van der Waals surface area contributed by atoms with Gasteiger partial charge >= 0.3 is 0 Å². The van der Waals surface area contributed by atoms with Crippen molar-refractivity contribution in [2.24, 2.45) is 7.05 Å². The van der Waals surface area contributed by atoms with Gasteiger partial charge in [-0.05, 0) is 46.6 Å². The molecule has 0 radical (unpaired) electrons. The molecule has 1 aromatic carbocycles. The van der Waals surface area contributed by atoms with Crippen LogP contribution >= 0.6 is 15.9 Å². The average molecular weight is 312 g/mol. The number of benzene rings is 1. The molecule has 0 aliphatic rings. The van der Waals surface area contributed by atoms with Gasteiger partial charge in [-0.25, -0.2) is 4.39 Å². The largest absolute Gasteiger partial charge is 0.378 e. The summed E-state index contributed by atoms with van der Waals surface area (Å²) in [5.41, 5.74) is 2.88. The normalized spacial score (nSPS) is 10.7. The number of aryl methyl sites for hydroxylation is 2. The van der Waals surface area contributed by atoms with Crippen LogP contribution in [-0.2, 0) is 20.0 Å². The summed E-state index contributed by atoms with van der Waals surface area (Å²) < 4.78 is 15.8. The molecule has 0 fully saturated rings. The van der Waals surface area contributed by atoms with Gasteiger partial charge in [0.1, 0.15) is 5.82 Å². The molecule has 3 nitrogen and oxygen atoms in total. The second-order valence-electron chi connectivity index (χ2n) is 4.08. The summed E-state index contributed by atoms with van der Waals surface area (Å²) in [6.45, 7) is 2.69. The van der Waals surface area contributed by atoms with E-state index in [1.807, 2.05) is 11.7 Å². The van der Waals surface area contributed by atoms with E-state index >= 15 is 0 Å². The lowest BCUT2D eigenvalue weighted by atomic mass is 10.3.